The van der Waals surface area contributed by atoms with Crippen LogP contribution >= 0.6 is 0 Å². The van der Waals surface area contributed by atoms with Gasteiger partial charge in [-0.3, -0.25) is 9.59 Å². The van der Waals surface area contributed by atoms with E-state index in [0.717, 1.165) is 37.8 Å². The number of Topliss-reactive ketones (excluding diaryl/α,β-unsaturated/α-hetero) is 1. The van der Waals surface area contributed by atoms with E-state index in [4.69, 9.17) is 5.73 Å². The Kier molecular flexibility index (Phi) is 4.44. The fraction of sp³-hybridized carbons (Fsp3) is 0.550. The van der Waals surface area contributed by atoms with Crippen LogP contribution in [0.25, 0.3) is 5.82 Å². The average molecular weight is 382 g/mol. The van der Waals surface area contributed by atoms with Crippen LogP contribution in [0.2, 0.25) is 0 Å². The number of ketones is 1. The molecule has 2 aromatic heterocycles. The molecule has 0 unspecified atom stereocenters. The quantitative estimate of drug-likeness (QED) is 0.839. The first-order chi connectivity index (χ1) is 13.2. The van der Waals surface area contributed by atoms with E-state index in [9.17, 15) is 9.59 Å². The Hall–Kier alpha value is -2.77. The molecule has 2 aliphatic rings. The summed E-state index contributed by atoms with van der Waals surface area (Å²) < 4.78 is 1.70. The minimum atomic E-state index is -0.616. The second-order valence-electron chi connectivity index (χ2n) is 8.68. The van der Waals surface area contributed by atoms with Gasteiger partial charge in [-0.05, 0) is 31.6 Å². The van der Waals surface area contributed by atoms with Crippen molar-refractivity contribution in [3.05, 3.63) is 28.8 Å². The smallest absolute Gasteiger partial charge is 0.271 e. The van der Waals surface area contributed by atoms with E-state index in [2.05, 4.69) is 34.2 Å². The number of nitrogens with zero attached hydrogens (tertiary/aromatic N) is 4. The molecule has 0 bridgehead atoms. The molecule has 0 atom stereocenters. The van der Waals surface area contributed by atoms with E-state index in [1.807, 2.05) is 6.92 Å². The molecule has 2 heterocycles. The van der Waals surface area contributed by atoms with Gasteiger partial charge in [-0.15, -0.1) is 0 Å². The molecule has 8 nitrogen and oxygen atoms in total. The van der Waals surface area contributed by atoms with Crippen molar-refractivity contribution >= 4 is 17.5 Å². The molecule has 1 saturated carbocycles. The lowest BCUT2D eigenvalue weighted by Crippen LogP contribution is -2.28. The first-order valence-corrected chi connectivity index (χ1v) is 9.80. The lowest BCUT2D eigenvalue weighted by molar-refractivity contribution is 0.0909. The van der Waals surface area contributed by atoms with Gasteiger partial charge in [0.05, 0.1) is 23.1 Å². The van der Waals surface area contributed by atoms with Crippen molar-refractivity contribution in [3.8, 4) is 5.82 Å². The minimum Gasteiger partial charge on any atom is -0.365 e. The SMILES string of the molecule is Cc1nn(-c2cnc(C(N)=O)c(NC3CCCC3)n2)c2c1C(=O)CC(C)(C)C2. The second-order valence-corrected chi connectivity index (χ2v) is 8.68. The number of anilines is 1. The largest absolute Gasteiger partial charge is 0.365 e. The van der Waals surface area contributed by atoms with Crippen molar-refractivity contribution in [2.45, 2.75) is 65.3 Å². The summed E-state index contributed by atoms with van der Waals surface area (Å²) in [6.07, 6.45) is 7.09. The van der Waals surface area contributed by atoms with Gasteiger partial charge in [0, 0.05) is 12.5 Å². The molecule has 0 saturated heterocycles. The first-order valence-electron chi connectivity index (χ1n) is 9.80. The van der Waals surface area contributed by atoms with Crippen LogP contribution < -0.4 is 11.1 Å². The highest BCUT2D eigenvalue weighted by Gasteiger charge is 2.36. The minimum absolute atomic E-state index is 0.112. The molecule has 8 heteroatoms. The number of nitrogens with one attached hydrogen (secondary N) is 1. The fourth-order valence-corrected chi connectivity index (χ4v) is 4.36. The molecule has 0 aliphatic heterocycles. The third-order valence-electron chi connectivity index (χ3n) is 5.63. The number of rotatable bonds is 4. The van der Waals surface area contributed by atoms with E-state index >= 15 is 0 Å². The van der Waals surface area contributed by atoms with Crippen LogP contribution in [0.1, 0.15) is 78.2 Å². The third-order valence-corrected chi connectivity index (χ3v) is 5.63. The van der Waals surface area contributed by atoms with Gasteiger partial charge in [-0.2, -0.15) is 5.10 Å². The van der Waals surface area contributed by atoms with E-state index in [-0.39, 0.29) is 22.9 Å². The monoisotopic (exact) mass is 382 g/mol. The highest BCUT2D eigenvalue weighted by atomic mass is 16.1. The van der Waals surface area contributed by atoms with Crippen molar-refractivity contribution in [1.29, 1.82) is 0 Å². The van der Waals surface area contributed by atoms with Crippen molar-refractivity contribution in [2.24, 2.45) is 11.1 Å². The summed E-state index contributed by atoms with van der Waals surface area (Å²) in [5.41, 5.74) is 7.72. The van der Waals surface area contributed by atoms with Crippen LogP contribution in [0.4, 0.5) is 5.82 Å². The van der Waals surface area contributed by atoms with E-state index in [1.165, 1.54) is 6.20 Å². The number of fused-ring (bicyclic) bond motifs is 1. The topological polar surface area (TPSA) is 116 Å². The normalized spacial score (nSPS) is 18.9. The maximum absolute atomic E-state index is 12.6. The molecule has 4 rings (SSSR count). The maximum atomic E-state index is 12.6. The van der Waals surface area contributed by atoms with Gasteiger partial charge >= 0.3 is 0 Å². The Labute approximate surface area is 163 Å². The number of aryl methyl sites for hydroxylation is 1. The van der Waals surface area contributed by atoms with Gasteiger partial charge in [0.25, 0.3) is 5.91 Å². The molecular weight excluding hydrogens is 356 g/mol. The zero-order valence-electron chi connectivity index (χ0n) is 16.6. The Balaban J connectivity index is 1.79. The number of carbonyl (C=O) groups is 2. The van der Waals surface area contributed by atoms with E-state index in [1.54, 1.807) is 4.68 Å². The number of primary amides is 1. The summed E-state index contributed by atoms with van der Waals surface area (Å²) >= 11 is 0. The number of aromatic nitrogens is 4. The molecule has 2 aromatic rings. The van der Waals surface area contributed by atoms with Crippen LogP contribution in [0.3, 0.4) is 0 Å². The first kappa shape index (κ1) is 18.6. The van der Waals surface area contributed by atoms with Gasteiger partial charge in [0.2, 0.25) is 0 Å². The summed E-state index contributed by atoms with van der Waals surface area (Å²) in [5.74, 6) is 0.371. The second kappa shape index (κ2) is 6.68. The summed E-state index contributed by atoms with van der Waals surface area (Å²) in [5, 5.41) is 7.91. The van der Waals surface area contributed by atoms with Crippen LogP contribution in [0.15, 0.2) is 6.20 Å². The van der Waals surface area contributed by atoms with Crippen molar-refractivity contribution < 1.29 is 9.59 Å². The molecule has 3 N–H and O–H groups in total. The average Bonchev–Trinajstić information content (AvgIpc) is 3.21. The lowest BCUT2D eigenvalue weighted by atomic mass is 9.75. The summed E-state index contributed by atoms with van der Waals surface area (Å²) in [6, 6.07) is 0.261. The van der Waals surface area contributed by atoms with Crippen molar-refractivity contribution in [2.75, 3.05) is 5.32 Å². The van der Waals surface area contributed by atoms with Gasteiger partial charge < -0.3 is 11.1 Å². The molecule has 0 aromatic carbocycles. The predicted octanol–water partition coefficient (Wildman–Crippen LogP) is 2.58. The maximum Gasteiger partial charge on any atom is 0.271 e. The standard InChI is InChI=1S/C20H26N6O2/c1-11-16-13(8-20(2,3)9-14(16)27)26(25-11)15-10-22-17(18(21)28)19(24-15)23-12-6-4-5-7-12/h10,12H,4-9H2,1-3H3,(H2,21,28)(H,23,24). The van der Waals surface area contributed by atoms with Crippen molar-refractivity contribution in [3.63, 3.8) is 0 Å². The number of nitrogens with two attached hydrogens (primary N) is 1. The Morgan fingerprint density at radius 1 is 1.29 bits per heavy atom. The summed E-state index contributed by atoms with van der Waals surface area (Å²) in [4.78, 5) is 33.4. The Morgan fingerprint density at radius 3 is 2.68 bits per heavy atom. The molecule has 28 heavy (non-hydrogen) atoms. The summed E-state index contributed by atoms with van der Waals surface area (Å²) in [7, 11) is 0. The fourth-order valence-electron chi connectivity index (χ4n) is 4.36. The third kappa shape index (κ3) is 3.27. The Bertz CT molecular complexity index is 956. The van der Waals surface area contributed by atoms with E-state index < -0.39 is 5.91 Å². The molecule has 2 aliphatic carbocycles. The Morgan fingerprint density at radius 2 is 2.00 bits per heavy atom. The summed E-state index contributed by atoms with van der Waals surface area (Å²) in [6.45, 7) is 6.00. The number of carbonyl (C=O) groups excluding carboxylic acids is 2. The van der Waals surface area contributed by atoms with Gasteiger partial charge in [0.15, 0.2) is 23.1 Å². The van der Waals surface area contributed by atoms with Crippen LogP contribution in [-0.4, -0.2) is 37.5 Å². The highest BCUT2D eigenvalue weighted by Crippen LogP contribution is 2.37. The number of hydrogen-bond donors (Lipinski definition) is 2. The van der Waals surface area contributed by atoms with E-state index in [0.29, 0.717) is 29.3 Å². The highest BCUT2D eigenvalue weighted by molar-refractivity contribution is 6.00. The molecule has 0 radical (unpaired) electrons. The van der Waals surface area contributed by atoms with Gasteiger partial charge in [-0.25, -0.2) is 14.6 Å². The van der Waals surface area contributed by atoms with Crippen molar-refractivity contribution in [1.82, 2.24) is 19.7 Å². The molecular formula is C20H26N6O2. The molecule has 148 valence electrons. The van der Waals surface area contributed by atoms with Crippen LogP contribution in [0, 0.1) is 12.3 Å². The molecule has 1 amide bonds. The predicted molar refractivity (Wildman–Crippen MR) is 105 cm³/mol. The lowest BCUT2D eigenvalue weighted by Gasteiger charge is -2.29. The number of amides is 1. The van der Waals surface area contributed by atoms with Gasteiger partial charge in [-0.1, -0.05) is 26.7 Å². The zero-order chi connectivity index (χ0) is 20.1. The molecule has 0 spiro atoms. The van der Waals surface area contributed by atoms with Crippen LogP contribution in [-0.2, 0) is 6.42 Å². The van der Waals surface area contributed by atoms with Crippen LogP contribution in [0.5, 0.6) is 0 Å². The number of hydrogen-bond acceptors (Lipinski definition) is 6. The zero-order valence-corrected chi connectivity index (χ0v) is 16.6. The molecule has 1 fully saturated rings. The van der Waals surface area contributed by atoms with Gasteiger partial charge in [0.1, 0.15) is 0 Å².